The SMILES string of the molecule is CCCn1cc(C(CN)N2CC(C)OCC2C)cn1. The van der Waals surface area contributed by atoms with Gasteiger partial charge in [-0.05, 0) is 20.3 Å². The molecule has 2 rings (SSSR count). The van der Waals surface area contributed by atoms with Gasteiger partial charge in [0.2, 0.25) is 0 Å². The van der Waals surface area contributed by atoms with Crippen molar-refractivity contribution < 1.29 is 4.74 Å². The molecule has 1 fully saturated rings. The van der Waals surface area contributed by atoms with E-state index in [2.05, 4.69) is 37.0 Å². The van der Waals surface area contributed by atoms with Crippen LogP contribution in [-0.2, 0) is 11.3 Å². The maximum Gasteiger partial charge on any atom is 0.0675 e. The second-order valence-electron chi connectivity index (χ2n) is 5.48. The Morgan fingerprint density at radius 1 is 1.53 bits per heavy atom. The molecule has 108 valence electrons. The van der Waals surface area contributed by atoms with Crippen LogP contribution in [0.1, 0.15) is 38.8 Å². The Kier molecular flexibility index (Phi) is 4.96. The third-order valence-corrected chi connectivity index (χ3v) is 3.77. The van der Waals surface area contributed by atoms with Crippen LogP contribution in [0.2, 0.25) is 0 Å². The molecule has 3 unspecified atom stereocenters. The standard InChI is InChI=1S/C14H26N4O/c1-4-5-17-9-13(7-16-17)14(6-15)18-8-12(3)19-10-11(18)2/h7,9,11-12,14H,4-6,8,10,15H2,1-3H3. The van der Waals surface area contributed by atoms with E-state index < -0.39 is 0 Å². The highest BCUT2D eigenvalue weighted by molar-refractivity contribution is 5.12. The normalized spacial score (nSPS) is 26.5. The predicted octanol–water partition coefficient (Wildman–Crippen LogP) is 1.40. The van der Waals surface area contributed by atoms with Crippen LogP contribution in [0.5, 0.6) is 0 Å². The quantitative estimate of drug-likeness (QED) is 0.875. The Labute approximate surface area is 115 Å². The fourth-order valence-electron chi connectivity index (χ4n) is 2.73. The molecule has 3 atom stereocenters. The molecule has 0 spiro atoms. The lowest BCUT2D eigenvalue weighted by atomic mass is 10.1. The van der Waals surface area contributed by atoms with E-state index in [1.807, 2.05) is 10.9 Å². The van der Waals surface area contributed by atoms with Gasteiger partial charge in [0, 0.05) is 37.4 Å². The third kappa shape index (κ3) is 3.35. The second kappa shape index (κ2) is 6.50. The van der Waals surface area contributed by atoms with E-state index >= 15 is 0 Å². The van der Waals surface area contributed by atoms with Crippen LogP contribution in [0.15, 0.2) is 12.4 Å². The summed E-state index contributed by atoms with van der Waals surface area (Å²) >= 11 is 0. The fraction of sp³-hybridized carbons (Fsp3) is 0.786. The molecular formula is C14H26N4O. The summed E-state index contributed by atoms with van der Waals surface area (Å²) in [7, 11) is 0. The fourth-order valence-corrected chi connectivity index (χ4v) is 2.73. The van der Waals surface area contributed by atoms with E-state index in [0.29, 0.717) is 12.6 Å². The van der Waals surface area contributed by atoms with Gasteiger partial charge in [0.15, 0.2) is 0 Å². The van der Waals surface area contributed by atoms with Crippen LogP contribution in [0.4, 0.5) is 0 Å². The van der Waals surface area contributed by atoms with Gasteiger partial charge in [-0.25, -0.2) is 0 Å². The minimum Gasteiger partial charge on any atom is -0.376 e. The first-order valence-electron chi connectivity index (χ1n) is 7.25. The number of aromatic nitrogens is 2. The Morgan fingerprint density at radius 2 is 2.32 bits per heavy atom. The zero-order valence-corrected chi connectivity index (χ0v) is 12.2. The summed E-state index contributed by atoms with van der Waals surface area (Å²) in [5.41, 5.74) is 7.23. The van der Waals surface area contributed by atoms with Gasteiger partial charge in [0.25, 0.3) is 0 Å². The highest BCUT2D eigenvalue weighted by Crippen LogP contribution is 2.25. The third-order valence-electron chi connectivity index (χ3n) is 3.77. The lowest BCUT2D eigenvalue weighted by molar-refractivity contribution is -0.0654. The van der Waals surface area contributed by atoms with Gasteiger partial charge in [-0.3, -0.25) is 9.58 Å². The van der Waals surface area contributed by atoms with E-state index in [9.17, 15) is 0 Å². The average Bonchev–Trinajstić information content (AvgIpc) is 2.83. The van der Waals surface area contributed by atoms with Crippen LogP contribution in [-0.4, -0.2) is 46.5 Å². The Hall–Kier alpha value is -0.910. The summed E-state index contributed by atoms with van der Waals surface area (Å²) in [5.74, 6) is 0. The van der Waals surface area contributed by atoms with Crippen molar-refractivity contribution in [2.45, 2.75) is 51.9 Å². The Balaban J connectivity index is 2.13. The zero-order chi connectivity index (χ0) is 13.8. The van der Waals surface area contributed by atoms with Crippen LogP contribution < -0.4 is 5.73 Å². The number of nitrogens with zero attached hydrogens (tertiary/aromatic N) is 3. The van der Waals surface area contributed by atoms with Gasteiger partial charge < -0.3 is 10.5 Å². The average molecular weight is 266 g/mol. The van der Waals surface area contributed by atoms with Gasteiger partial charge in [0.1, 0.15) is 0 Å². The lowest BCUT2D eigenvalue weighted by Crippen LogP contribution is -2.50. The van der Waals surface area contributed by atoms with Crippen molar-refractivity contribution in [3.05, 3.63) is 18.0 Å². The molecule has 0 bridgehead atoms. The van der Waals surface area contributed by atoms with Gasteiger partial charge >= 0.3 is 0 Å². The first kappa shape index (κ1) is 14.5. The van der Waals surface area contributed by atoms with Crippen molar-refractivity contribution in [2.24, 2.45) is 5.73 Å². The van der Waals surface area contributed by atoms with Gasteiger partial charge in [0.05, 0.1) is 24.9 Å². The monoisotopic (exact) mass is 266 g/mol. The van der Waals surface area contributed by atoms with Gasteiger partial charge in [-0.2, -0.15) is 5.10 Å². The number of morpholine rings is 1. The van der Waals surface area contributed by atoms with Crippen LogP contribution >= 0.6 is 0 Å². The minimum atomic E-state index is 0.243. The lowest BCUT2D eigenvalue weighted by Gasteiger charge is -2.41. The number of hydrogen-bond donors (Lipinski definition) is 1. The number of nitrogens with two attached hydrogens (primary N) is 1. The summed E-state index contributed by atoms with van der Waals surface area (Å²) < 4.78 is 7.70. The maximum atomic E-state index is 6.01. The van der Waals surface area contributed by atoms with Crippen molar-refractivity contribution in [1.29, 1.82) is 0 Å². The molecule has 1 aliphatic heterocycles. The van der Waals surface area contributed by atoms with Crippen LogP contribution in [0.25, 0.3) is 0 Å². The molecule has 0 amide bonds. The number of rotatable bonds is 5. The molecule has 0 radical (unpaired) electrons. The molecule has 2 heterocycles. The van der Waals surface area contributed by atoms with Crippen LogP contribution in [0.3, 0.4) is 0 Å². The molecule has 19 heavy (non-hydrogen) atoms. The molecule has 5 nitrogen and oxygen atoms in total. The summed E-state index contributed by atoms with van der Waals surface area (Å²) in [4.78, 5) is 2.45. The summed E-state index contributed by atoms with van der Waals surface area (Å²) in [6.07, 6.45) is 5.46. The largest absolute Gasteiger partial charge is 0.376 e. The highest BCUT2D eigenvalue weighted by atomic mass is 16.5. The van der Waals surface area contributed by atoms with Crippen molar-refractivity contribution in [2.75, 3.05) is 19.7 Å². The predicted molar refractivity (Wildman–Crippen MR) is 75.9 cm³/mol. The molecular weight excluding hydrogens is 240 g/mol. The van der Waals surface area contributed by atoms with Crippen molar-refractivity contribution in [3.8, 4) is 0 Å². The number of hydrogen-bond acceptors (Lipinski definition) is 4. The number of ether oxygens (including phenoxy) is 1. The molecule has 0 aromatic carbocycles. The van der Waals surface area contributed by atoms with Crippen molar-refractivity contribution >= 4 is 0 Å². The van der Waals surface area contributed by atoms with Crippen molar-refractivity contribution in [3.63, 3.8) is 0 Å². The Bertz CT molecular complexity index is 393. The minimum absolute atomic E-state index is 0.243. The molecule has 0 saturated carbocycles. The van der Waals surface area contributed by atoms with E-state index in [1.54, 1.807) is 0 Å². The molecule has 1 aliphatic rings. The highest BCUT2D eigenvalue weighted by Gasteiger charge is 2.30. The van der Waals surface area contributed by atoms with Gasteiger partial charge in [-0.15, -0.1) is 0 Å². The first-order chi connectivity index (χ1) is 9.15. The topological polar surface area (TPSA) is 56.3 Å². The second-order valence-corrected chi connectivity index (χ2v) is 5.48. The molecule has 0 aliphatic carbocycles. The van der Waals surface area contributed by atoms with E-state index in [0.717, 1.165) is 26.1 Å². The summed E-state index contributed by atoms with van der Waals surface area (Å²) in [5, 5.41) is 4.42. The molecule has 1 aromatic heterocycles. The maximum absolute atomic E-state index is 6.01. The molecule has 5 heteroatoms. The first-order valence-corrected chi connectivity index (χ1v) is 7.25. The Morgan fingerprint density at radius 3 is 3.00 bits per heavy atom. The van der Waals surface area contributed by atoms with E-state index in [-0.39, 0.29) is 12.1 Å². The van der Waals surface area contributed by atoms with E-state index in [1.165, 1.54) is 5.56 Å². The summed E-state index contributed by atoms with van der Waals surface area (Å²) in [6.45, 7) is 9.77. The summed E-state index contributed by atoms with van der Waals surface area (Å²) in [6, 6.07) is 0.645. The molecule has 1 saturated heterocycles. The molecule has 1 aromatic rings. The van der Waals surface area contributed by atoms with Gasteiger partial charge in [-0.1, -0.05) is 6.92 Å². The van der Waals surface area contributed by atoms with Crippen LogP contribution in [0, 0.1) is 0 Å². The zero-order valence-electron chi connectivity index (χ0n) is 12.2. The number of aryl methyl sites for hydroxylation is 1. The van der Waals surface area contributed by atoms with Crippen molar-refractivity contribution in [1.82, 2.24) is 14.7 Å². The van der Waals surface area contributed by atoms with E-state index in [4.69, 9.17) is 10.5 Å². The smallest absolute Gasteiger partial charge is 0.0675 e. The molecule has 2 N–H and O–H groups in total.